The van der Waals surface area contributed by atoms with Gasteiger partial charge in [0.2, 0.25) is 0 Å². The van der Waals surface area contributed by atoms with Crippen LogP contribution in [-0.4, -0.2) is 54.5 Å². The van der Waals surface area contributed by atoms with Crippen molar-refractivity contribution in [2.45, 2.75) is 63.5 Å². The second kappa shape index (κ2) is 7.64. The molecule has 3 fully saturated rings. The summed E-state index contributed by atoms with van der Waals surface area (Å²) >= 11 is 0. The number of aliphatic hydroxyl groups is 1. The minimum Gasteiger partial charge on any atom is -0.396 e. The van der Waals surface area contributed by atoms with Gasteiger partial charge in [0, 0.05) is 32.3 Å². The first-order valence-electron chi connectivity index (χ1n) is 9.06. The van der Waals surface area contributed by atoms with Gasteiger partial charge in [-0.1, -0.05) is 6.42 Å². The Morgan fingerprint density at radius 3 is 2.64 bits per heavy atom. The van der Waals surface area contributed by atoms with E-state index in [9.17, 15) is 4.79 Å². The number of piperidine rings is 1. The minimum absolute atomic E-state index is 0.0978. The van der Waals surface area contributed by atoms with Crippen molar-refractivity contribution in [2.75, 3.05) is 26.3 Å². The molecule has 0 unspecified atom stereocenters. The molecule has 0 aromatic heterocycles. The Hall–Kier alpha value is -0.810. The number of nitrogens with one attached hydrogen (secondary N) is 1. The van der Waals surface area contributed by atoms with Crippen molar-refractivity contribution < 1.29 is 14.6 Å². The number of hydrogen-bond donors (Lipinski definition) is 2. The Kier molecular flexibility index (Phi) is 5.58. The van der Waals surface area contributed by atoms with E-state index in [1.807, 2.05) is 4.90 Å². The van der Waals surface area contributed by atoms with Gasteiger partial charge in [-0.25, -0.2) is 4.79 Å². The fraction of sp³-hybridized carbons (Fsp3) is 0.941. The minimum atomic E-state index is 0.0978. The second-order valence-corrected chi connectivity index (χ2v) is 7.14. The van der Waals surface area contributed by atoms with Crippen molar-refractivity contribution in [3.63, 3.8) is 0 Å². The first-order valence-corrected chi connectivity index (χ1v) is 9.06. The number of aliphatic hydroxyl groups excluding tert-OH is 1. The lowest BCUT2D eigenvalue weighted by molar-refractivity contribution is 0.0369. The molecule has 1 saturated carbocycles. The van der Waals surface area contributed by atoms with Gasteiger partial charge in [0.15, 0.2) is 0 Å². The zero-order chi connectivity index (χ0) is 15.4. The van der Waals surface area contributed by atoms with Crippen molar-refractivity contribution in [2.24, 2.45) is 11.8 Å². The number of nitrogens with zero attached hydrogens (tertiary/aromatic N) is 1. The maximum absolute atomic E-state index is 12.5. The summed E-state index contributed by atoms with van der Waals surface area (Å²) in [6.07, 6.45) is 9.14. The summed E-state index contributed by atoms with van der Waals surface area (Å²) in [5.41, 5.74) is 0. The van der Waals surface area contributed by atoms with E-state index in [-0.39, 0.29) is 18.7 Å². The van der Waals surface area contributed by atoms with Gasteiger partial charge in [0.1, 0.15) is 0 Å². The first-order chi connectivity index (χ1) is 10.8. The maximum Gasteiger partial charge on any atom is 0.317 e. The molecule has 2 aliphatic heterocycles. The molecule has 3 atom stereocenters. The van der Waals surface area contributed by atoms with Crippen LogP contribution in [0, 0.1) is 11.8 Å². The number of carbonyl (C=O) groups is 1. The van der Waals surface area contributed by atoms with E-state index in [2.05, 4.69) is 5.32 Å². The molecule has 5 heteroatoms. The van der Waals surface area contributed by atoms with E-state index in [1.54, 1.807) is 0 Å². The van der Waals surface area contributed by atoms with Crippen LogP contribution in [0.2, 0.25) is 0 Å². The number of urea groups is 1. The van der Waals surface area contributed by atoms with Crippen molar-refractivity contribution in [1.29, 1.82) is 0 Å². The average Bonchev–Trinajstić information content (AvgIpc) is 3.20. The zero-order valence-corrected chi connectivity index (χ0v) is 13.5. The maximum atomic E-state index is 12.5. The smallest absolute Gasteiger partial charge is 0.317 e. The zero-order valence-electron chi connectivity index (χ0n) is 13.5. The van der Waals surface area contributed by atoms with Gasteiger partial charge < -0.3 is 20.1 Å². The van der Waals surface area contributed by atoms with Crippen LogP contribution in [0.25, 0.3) is 0 Å². The van der Waals surface area contributed by atoms with Gasteiger partial charge >= 0.3 is 6.03 Å². The van der Waals surface area contributed by atoms with E-state index < -0.39 is 0 Å². The van der Waals surface area contributed by atoms with Gasteiger partial charge in [0.05, 0.1) is 6.10 Å². The van der Waals surface area contributed by atoms with Gasteiger partial charge in [-0.2, -0.15) is 0 Å². The molecule has 3 rings (SSSR count). The lowest BCUT2D eigenvalue weighted by atomic mass is 9.90. The molecule has 0 bridgehead atoms. The highest BCUT2D eigenvalue weighted by Gasteiger charge is 2.33. The lowest BCUT2D eigenvalue weighted by Gasteiger charge is -2.35. The van der Waals surface area contributed by atoms with Gasteiger partial charge in [-0.15, -0.1) is 0 Å². The topological polar surface area (TPSA) is 61.8 Å². The predicted octanol–water partition coefficient (Wildman–Crippen LogP) is 2.14. The van der Waals surface area contributed by atoms with Gasteiger partial charge in [0.25, 0.3) is 0 Å². The summed E-state index contributed by atoms with van der Waals surface area (Å²) in [6, 6.07) is 0.358. The number of hydrogen-bond acceptors (Lipinski definition) is 3. The lowest BCUT2D eigenvalue weighted by Crippen LogP contribution is -2.49. The number of carbonyl (C=O) groups excluding carboxylic acids is 1. The molecular weight excluding hydrogens is 280 g/mol. The molecule has 3 aliphatic rings. The highest BCUT2D eigenvalue weighted by atomic mass is 16.5. The normalized spacial score (nSPS) is 33.3. The fourth-order valence-corrected chi connectivity index (χ4v) is 4.44. The summed E-state index contributed by atoms with van der Waals surface area (Å²) in [7, 11) is 0. The van der Waals surface area contributed by atoms with E-state index in [0.29, 0.717) is 17.9 Å². The number of amides is 2. The van der Waals surface area contributed by atoms with Crippen LogP contribution in [0.1, 0.15) is 51.4 Å². The molecule has 126 valence electrons. The van der Waals surface area contributed by atoms with E-state index in [1.165, 1.54) is 12.8 Å². The Morgan fingerprint density at radius 2 is 1.95 bits per heavy atom. The Labute approximate surface area is 133 Å². The van der Waals surface area contributed by atoms with E-state index in [0.717, 1.165) is 58.2 Å². The first kappa shape index (κ1) is 16.1. The summed E-state index contributed by atoms with van der Waals surface area (Å²) in [6.45, 7) is 2.85. The van der Waals surface area contributed by atoms with Crippen molar-refractivity contribution in [3.8, 4) is 0 Å². The van der Waals surface area contributed by atoms with Crippen LogP contribution < -0.4 is 5.32 Å². The molecule has 2 N–H and O–H groups in total. The summed E-state index contributed by atoms with van der Waals surface area (Å²) in [4.78, 5) is 14.4. The second-order valence-electron chi connectivity index (χ2n) is 7.14. The number of ether oxygens (including phenoxy) is 1. The predicted molar refractivity (Wildman–Crippen MR) is 84.6 cm³/mol. The molecule has 0 radical (unpaired) electrons. The molecule has 22 heavy (non-hydrogen) atoms. The van der Waals surface area contributed by atoms with Gasteiger partial charge in [-0.3, -0.25) is 0 Å². The largest absolute Gasteiger partial charge is 0.396 e. The number of rotatable bonds is 4. The molecule has 0 aromatic rings. The fourth-order valence-electron chi connectivity index (χ4n) is 4.44. The SMILES string of the molecule is O=C(N[C@@H]1CCC[C@H]1CCO)N1CCC([C@@H]2CCCO2)CC1. The molecule has 2 amide bonds. The molecule has 5 nitrogen and oxygen atoms in total. The Morgan fingerprint density at radius 1 is 1.14 bits per heavy atom. The van der Waals surface area contributed by atoms with Crippen LogP contribution >= 0.6 is 0 Å². The van der Waals surface area contributed by atoms with Gasteiger partial charge in [-0.05, 0) is 56.8 Å². The van der Waals surface area contributed by atoms with Crippen molar-refractivity contribution in [1.82, 2.24) is 10.2 Å². The van der Waals surface area contributed by atoms with Crippen LogP contribution in [-0.2, 0) is 4.74 Å². The molecule has 2 saturated heterocycles. The Balaban J connectivity index is 1.43. The Bertz CT molecular complexity index is 363. The van der Waals surface area contributed by atoms with Crippen molar-refractivity contribution in [3.05, 3.63) is 0 Å². The summed E-state index contributed by atoms with van der Waals surface area (Å²) in [5.74, 6) is 1.10. The standard InChI is InChI=1S/C17H30N2O3/c20-11-8-13-3-1-4-15(13)18-17(21)19-9-6-14(7-10-19)16-5-2-12-22-16/h13-16,20H,1-12H2,(H,18,21)/t13-,15+,16-/m0/s1. The van der Waals surface area contributed by atoms with E-state index >= 15 is 0 Å². The highest BCUT2D eigenvalue weighted by molar-refractivity contribution is 5.74. The van der Waals surface area contributed by atoms with Crippen LogP contribution in [0.5, 0.6) is 0 Å². The van der Waals surface area contributed by atoms with Crippen LogP contribution in [0.15, 0.2) is 0 Å². The molecular formula is C17H30N2O3. The quantitative estimate of drug-likeness (QED) is 0.836. The molecule has 0 aromatic carbocycles. The molecule has 1 aliphatic carbocycles. The third-order valence-corrected chi connectivity index (χ3v) is 5.79. The molecule has 2 heterocycles. The average molecular weight is 310 g/mol. The number of likely N-dealkylation sites (tertiary alicyclic amines) is 1. The van der Waals surface area contributed by atoms with Crippen LogP contribution in [0.4, 0.5) is 4.79 Å². The third-order valence-electron chi connectivity index (χ3n) is 5.79. The summed E-state index contributed by atoms with van der Waals surface area (Å²) in [5, 5.41) is 12.3. The summed E-state index contributed by atoms with van der Waals surface area (Å²) < 4.78 is 5.79. The monoisotopic (exact) mass is 310 g/mol. The van der Waals surface area contributed by atoms with E-state index in [4.69, 9.17) is 9.84 Å². The van der Waals surface area contributed by atoms with Crippen molar-refractivity contribution >= 4 is 6.03 Å². The molecule has 0 spiro atoms. The highest BCUT2D eigenvalue weighted by Crippen LogP contribution is 2.30. The van der Waals surface area contributed by atoms with Crippen LogP contribution in [0.3, 0.4) is 0 Å². The third kappa shape index (κ3) is 3.74.